The van der Waals surface area contributed by atoms with E-state index in [0.717, 1.165) is 23.3 Å². The zero-order valence-electron chi connectivity index (χ0n) is 18.2. The van der Waals surface area contributed by atoms with Crippen molar-refractivity contribution in [3.05, 3.63) is 95.1 Å². The molecular formula is C25H24F3N3O2. The first-order chi connectivity index (χ1) is 15.6. The van der Waals surface area contributed by atoms with Crippen molar-refractivity contribution in [2.24, 2.45) is 0 Å². The van der Waals surface area contributed by atoms with Gasteiger partial charge < -0.3 is 10.6 Å². The molecule has 0 aliphatic rings. The zero-order chi connectivity index (χ0) is 24.0. The van der Waals surface area contributed by atoms with Gasteiger partial charge in [-0.2, -0.15) is 13.2 Å². The van der Waals surface area contributed by atoms with Crippen LogP contribution in [0.15, 0.2) is 72.8 Å². The van der Waals surface area contributed by atoms with Crippen LogP contribution in [0.25, 0.3) is 0 Å². The molecular weight excluding hydrogens is 431 g/mol. The van der Waals surface area contributed by atoms with Crippen LogP contribution in [0.5, 0.6) is 0 Å². The van der Waals surface area contributed by atoms with Crippen molar-refractivity contribution < 1.29 is 22.8 Å². The van der Waals surface area contributed by atoms with E-state index in [9.17, 15) is 22.8 Å². The number of urea groups is 1. The molecule has 3 amide bonds. The minimum atomic E-state index is -4.55. The summed E-state index contributed by atoms with van der Waals surface area (Å²) in [4.78, 5) is 26.7. The first-order valence-corrected chi connectivity index (χ1v) is 10.3. The van der Waals surface area contributed by atoms with Crippen molar-refractivity contribution in [1.29, 1.82) is 0 Å². The van der Waals surface area contributed by atoms with Gasteiger partial charge in [0.05, 0.1) is 5.56 Å². The molecule has 0 heterocycles. The van der Waals surface area contributed by atoms with E-state index in [1.807, 2.05) is 19.1 Å². The van der Waals surface area contributed by atoms with Gasteiger partial charge >= 0.3 is 12.2 Å². The van der Waals surface area contributed by atoms with Gasteiger partial charge in [0.25, 0.3) is 5.91 Å². The summed E-state index contributed by atoms with van der Waals surface area (Å²) in [6.45, 7) is 3.68. The lowest BCUT2D eigenvalue weighted by atomic mass is 10.1. The van der Waals surface area contributed by atoms with E-state index in [1.165, 1.54) is 17.0 Å². The Morgan fingerprint density at radius 2 is 1.64 bits per heavy atom. The van der Waals surface area contributed by atoms with Crippen LogP contribution < -0.4 is 15.5 Å². The Kier molecular flexibility index (Phi) is 7.37. The van der Waals surface area contributed by atoms with Gasteiger partial charge in [-0.3, -0.25) is 9.69 Å². The Morgan fingerprint density at radius 3 is 2.33 bits per heavy atom. The SMILES string of the molecule is Cc1cccc(NC(=O)N(CCNC(=O)c2ccccc2C)c2cccc(C(F)(F)F)c2)c1. The van der Waals surface area contributed by atoms with Crippen LogP contribution in [0.4, 0.5) is 29.3 Å². The van der Waals surface area contributed by atoms with Gasteiger partial charge in [-0.1, -0.05) is 36.4 Å². The summed E-state index contributed by atoms with van der Waals surface area (Å²) in [6.07, 6.45) is -4.55. The molecule has 172 valence electrons. The number of benzene rings is 3. The molecule has 0 saturated carbocycles. The molecule has 0 spiro atoms. The number of anilines is 2. The van der Waals surface area contributed by atoms with Crippen LogP contribution in [0, 0.1) is 13.8 Å². The van der Waals surface area contributed by atoms with Gasteiger partial charge in [-0.25, -0.2) is 4.79 Å². The summed E-state index contributed by atoms with van der Waals surface area (Å²) < 4.78 is 39.7. The average Bonchev–Trinajstić information content (AvgIpc) is 2.76. The van der Waals surface area contributed by atoms with Gasteiger partial charge in [0.15, 0.2) is 0 Å². The van der Waals surface area contributed by atoms with E-state index in [-0.39, 0.29) is 24.7 Å². The number of hydrogen-bond donors (Lipinski definition) is 2. The standard InChI is InChI=1S/C25H24F3N3O2/c1-17-7-5-10-20(15-17)30-24(33)31(21-11-6-9-19(16-21)25(26,27)28)14-13-29-23(32)22-12-4-3-8-18(22)2/h3-12,15-16H,13-14H2,1-2H3,(H,29,32)(H,30,33). The lowest BCUT2D eigenvalue weighted by molar-refractivity contribution is -0.137. The third-order valence-corrected chi connectivity index (χ3v) is 5.01. The Bertz CT molecular complexity index is 1150. The van der Waals surface area contributed by atoms with Crippen LogP contribution in [-0.4, -0.2) is 25.0 Å². The van der Waals surface area contributed by atoms with E-state index in [1.54, 1.807) is 43.3 Å². The minimum absolute atomic E-state index is 0.0312. The van der Waals surface area contributed by atoms with Crippen molar-refractivity contribution in [3.63, 3.8) is 0 Å². The number of nitrogens with zero attached hydrogens (tertiary/aromatic N) is 1. The number of carbonyl (C=O) groups excluding carboxylic acids is 2. The maximum absolute atomic E-state index is 13.2. The summed E-state index contributed by atoms with van der Waals surface area (Å²) in [5, 5.41) is 5.44. The maximum atomic E-state index is 13.2. The van der Waals surface area contributed by atoms with Crippen molar-refractivity contribution in [2.45, 2.75) is 20.0 Å². The lowest BCUT2D eigenvalue weighted by Gasteiger charge is -2.24. The fourth-order valence-corrected chi connectivity index (χ4v) is 3.32. The largest absolute Gasteiger partial charge is 0.416 e. The highest BCUT2D eigenvalue weighted by atomic mass is 19.4. The first kappa shape index (κ1) is 23.8. The molecule has 2 N–H and O–H groups in total. The molecule has 3 aromatic carbocycles. The van der Waals surface area contributed by atoms with E-state index < -0.39 is 17.8 Å². The lowest BCUT2D eigenvalue weighted by Crippen LogP contribution is -2.41. The molecule has 0 fully saturated rings. The van der Waals surface area contributed by atoms with Gasteiger partial charge in [0.2, 0.25) is 0 Å². The highest BCUT2D eigenvalue weighted by Crippen LogP contribution is 2.31. The van der Waals surface area contributed by atoms with Crippen molar-refractivity contribution in [1.82, 2.24) is 5.32 Å². The van der Waals surface area contributed by atoms with Gasteiger partial charge in [0, 0.05) is 30.0 Å². The predicted octanol–water partition coefficient (Wildman–Crippen LogP) is 5.79. The van der Waals surface area contributed by atoms with Crippen LogP contribution in [0.3, 0.4) is 0 Å². The molecule has 0 aliphatic heterocycles. The van der Waals surface area contributed by atoms with Crippen LogP contribution in [0.2, 0.25) is 0 Å². The first-order valence-electron chi connectivity index (χ1n) is 10.3. The summed E-state index contributed by atoms with van der Waals surface area (Å²) in [7, 11) is 0. The number of alkyl halides is 3. The average molecular weight is 455 g/mol. The summed E-state index contributed by atoms with van der Waals surface area (Å²) in [5.41, 5.74) is 1.93. The molecule has 0 atom stereocenters. The maximum Gasteiger partial charge on any atom is 0.416 e. The van der Waals surface area contributed by atoms with Crippen LogP contribution in [-0.2, 0) is 6.18 Å². The quantitative estimate of drug-likeness (QED) is 0.494. The van der Waals surface area contributed by atoms with E-state index in [2.05, 4.69) is 10.6 Å². The number of aryl methyl sites for hydroxylation is 2. The number of amides is 3. The van der Waals surface area contributed by atoms with Gasteiger partial charge in [-0.15, -0.1) is 0 Å². The van der Waals surface area contributed by atoms with Crippen molar-refractivity contribution >= 4 is 23.3 Å². The third kappa shape index (κ3) is 6.35. The fourth-order valence-electron chi connectivity index (χ4n) is 3.32. The van der Waals surface area contributed by atoms with Crippen molar-refractivity contribution in [3.8, 4) is 0 Å². The molecule has 0 saturated heterocycles. The summed E-state index contributed by atoms with van der Waals surface area (Å²) >= 11 is 0. The topological polar surface area (TPSA) is 61.4 Å². The summed E-state index contributed by atoms with van der Waals surface area (Å²) in [5.74, 6) is -0.323. The molecule has 5 nitrogen and oxygen atoms in total. The minimum Gasteiger partial charge on any atom is -0.350 e. The summed E-state index contributed by atoms with van der Waals surface area (Å²) in [6, 6.07) is 18.0. The number of hydrogen-bond acceptors (Lipinski definition) is 2. The van der Waals surface area contributed by atoms with Crippen LogP contribution in [0.1, 0.15) is 27.0 Å². The van der Waals surface area contributed by atoms with Gasteiger partial charge in [-0.05, 0) is 61.4 Å². The third-order valence-electron chi connectivity index (χ3n) is 5.01. The molecule has 0 aromatic heterocycles. The molecule has 0 radical (unpaired) electrons. The smallest absolute Gasteiger partial charge is 0.350 e. The highest BCUT2D eigenvalue weighted by Gasteiger charge is 2.31. The Hall–Kier alpha value is -3.81. The molecule has 0 unspecified atom stereocenters. The van der Waals surface area contributed by atoms with Crippen molar-refractivity contribution in [2.75, 3.05) is 23.3 Å². The van der Waals surface area contributed by atoms with E-state index in [4.69, 9.17) is 0 Å². The molecule has 3 rings (SSSR count). The second-order valence-corrected chi connectivity index (χ2v) is 7.57. The fraction of sp³-hybridized carbons (Fsp3) is 0.200. The second-order valence-electron chi connectivity index (χ2n) is 7.57. The Morgan fingerprint density at radius 1 is 0.909 bits per heavy atom. The highest BCUT2D eigenvalue weighted by molar-refractivity contribution is 6.02. The Labute approximate surface area is 190 Å². The molecule has 0 bridgehead atoms. The number of halogens is 3. The number of nitrogens with one attached hydrogen (secondary N) is 2. The molecule has 3 aromatic rings. The molecule has 33 heavy (non-hydrogen) atoms. The van der Waals surface area contributed by atoms with Crippen LogP contribution >= 0.6 is 0 Å². The monoisotopic (exact) mass is 455 g/mol. The van der Waals surface area contributed by atoms with E-state index >= 15 is 0 Å². The number of carbonyl (C=O) groups is 2. The zero-order valence-corrected chi connectivity index (χ0v) is 18.2. The molecule has 8 heteroatoms. The number of rotatable bonds is 6. The van der Waals surface area contributed by atoms with Gasteiger partial charge in [0.1, 0.15) is 0 Å². The normalized spacial score (nSPS) is 11.1. The predicted molar refractivity (Wildman–Crippen MR) is 122 cm³/mol. The second kappa shape index (κ2) is 10.2. The Balaban J connectivity index is 1.80. The van der Waals surface area contributed by atoms with E-state index in [0.29, 0.717) is 11.3 Å². The molecule has 0 aliphatic carbocycles.